The number of nitrogens with zero attached hydrogens (tertiary/aromatic N) is 1. The first kappa shape index (κ1) is 12.9. The molecule has 0 amide bonds. The van der Waals surface area contributed by atoms with E-state index in [-0.39, 0.29) is 13.2 Å². The van der Waals surface area contributed by atoms with Crippen molar-refractivity contribution in [3.8, 4) is 0 Å². The molecule has 1 aliphatic rings. The topological polar surface area (TPSA) is 55.7 Å². The van der Waals surface area contributed by atoms with E-state index in [2.05, 4.69) is 24.2 Å². The van der Waals surface area contributed by atoms with Crippen LogP contribution < -0.4 is 5.32 Å². The van der Waals surface area contributed by atoms with Crippen LogP contribution in [0.25, 0.3) is 0 Å². The van der Waals surface area contributed by atoms with Gasteiger partial charge in [0.05, 0.1) is 18.8 Å². The molecule has 4 heteroatoms. The Morgan fingerprint density at radius 3 is 2.33 bits per heavy atom. The molecule has 0 bridgehead atoms. The van der Waals surface area contributed by atoms with Crippen molar-refractivity contribution in [3.05, 3.63) is 0 Å². The van der Waals surface area contributed by atoms with Gasteiger partial charge in [-0.15, -0.1) is 0 Å². The maximum Gasteiger partial charge on any atom is 0.0648 e. The number of likely N-dealkylation sites (N-methyl/N-ethyl adjacent to an activating group) is 1. The summed E-state index contributed by atoms with van der Waals surface area (Å²) in [6.07, 6.45) is 1.83. The minimum atomic E-state index is -0.504. The molecule has 0 aromatic carbocycles. The summed E-state index contributed by atoms with van der Waals surface area (Å²) in [4.78, 5) is 2.30. The van der Waals surface area contributed by atoms with Crippen LogP contribution in [0.15, 0.2) is 0 Å². The number of hydrogen-bond donors (Lipinski definition) is 3. The first-order valence-corrected chi connectivity index (χ1v) is 5.76. The van der Waals surface area contributed by atoms with Crippen molar-refractivity contribution in [1.29, 1.82) is 0 Å². The zero-order chi connectivity index (χ0) is 11.5. The molecule has 0 spiro atoms. The Morgan fingerprint density at radius 1 is 1.40 bits per heavy atom. The maximum atomic E-state index is 9.33. The highest BCUT2D eigenvalue weighted by Gasteiger charge is 2.34. The van der Waals surface area contributed by atoms with E-state index in [1.807, 2.05) is 6.92 Å². The van der Waals surface area contributed by atoms with Crippen molar-refractivity contribution in [1.82, 2.24) is 10.2 Å². The summed E-state index contributed by atoms with van der Waals surface area (Å²) in [6.45, 7) is 5.17. The predicted molar refractivity (Wildman–Crippen MR) is 60.8 cm³/mol. The van der Waals surface area contributed by atoms with Crippen molar-refractivity contribution >= 4 is 0 Å². The van der Waals surface area contributed by atoms with Crippen molar-refractivity contribution in [2.45, 2.75) is 44.3 Å². The Labute approximate surface area is 92.3 Å². The molecule has 0 radical (unpaired) electrons. The van der Waals surface area contributed by atoms with Gasteiger partial charge < -0.3 is 20.4 Å². The average molecular weight is 216 g/mol. The largest absolute Gasteiger partial charge is 0.394 e. The minimum absolute atomic E-state index is 0.00536. The van der Waals surface area contributed by atoms with E-state index in [1.54, 1.807) is 0 Å². The third-order valence-corrected chi connectivity index (χ3v) is 3.68. The van der Waals surface area contributed by atoms with E-state index in [4.69, 9.17) is 0 Å². The van der Waals surface area contributed by atoms with Crippen LogP contribution in [0, 0.1) is 0 Å². The van der Waals surface area contributed by atoms with Gasteiger partial charge >= 0.3 is 0 Å². The van der Waals surface area contributed by atoms with Crippen LogP contribution in [0.5, 0.6) is 0 Å². The number of aliphatic hydroxyl groups excluding tert-OH is 2. The van der Waals surface area contributed by atoms with Gasteiger partial charge in [0.2, 0.25) is 0 Å². The first-order valence-electron chi connectivity index (χ1n) is 5.76. The SMILES string of the molecule is CCC(CO)(CO)NC1CC(C)N(C)C1. The van der Waals surface area contributed by atoms with Crippen LogP contribution in [0.3, 0.4) is 0 Å². The normalized spacial score (nSPS) is 28.6. The molecule has 4 nitrogen and oxygen atoms in total. The van der Waals surface area contributed by atoms with Crippen molar-refractivity contribution in [2.24, 2.45) is 0 Å². The van der Waals surface area contributed by atoms with Crippen LogP contribution in [-0.2, 0) is 0 Å². The molecule has 0 aromatic heterocycles. The van der Waals surface area contributed by atoms with Gasteiger partial charge in [-0.05, 0) is 26.8 Å². The summed E-state index contributed by atoms with van der Waals surface area (Å²) >= 11 is 0. The summed E-state index contributed by atoms with van der Waals surface area (Å²) in [7, 11) is 2.11. The lowest BCUT2D eigenvalue weighted by atomic mass is 9.96. The van der Waals surface area contributed by atoms with Crippen LogP contribution in [0.1, 0.15) is 26.7 Å². The maximum absolute atomic E-state index is 9.33. The molecule has 2 unspecified atom stereocenters. The molecular formula is C11H24N2O2. The Kier molecular flexibility index (Phi) is 4.52. The summed E-state index contributed by atoms with van der Waals surface area (Å²) in [5.74, 6) is 0. The number of nitrogens with one attached hydrogen (secondary N) is 1. The van der Waals surface area contributed by atoms with Crippen molar-refractivity contribution in [2.75, 3.05) is 26.8 Å². The van der Waals surface area contributed by atoms with E-state index in [0.717, 1.165) is 19.4 Å². The first-order chi connectivity index (χ1) is 7.06. The van der Waals surface area contributed by atoms with Crippen LogP contribution in [0.4, 0.5) is 0 Å². The highest BCUT2D eigenvalue weighted by molar-refractivity contribution is 4.94. The standard InChI is InChI=1S/C11H24N2O2/c1-4-11(7-14,8-15)12-10-5-9(2)13(3)6-10/h9-10,12,14-15H,4-8H2,1-3H3. The van der Waals surface area contributed by atoms with Gasteiger partial charge in [-0.25, -0.2) is 0 Å². The highest BCUT2D eigenvalue weighted by atomic mass is 16.3. The summed E-state index contributed by atoms with van der Waals surface area (Å²) in [6, 6.07) is 0.957. The third-order valence-electron chi connectivity index (χ3n) is 3.68. The zero-order valence-electron chi connectivity index (χ0n) is 10.0. The average Bonchev–Trinajstić information content (AvgIpc) is 2.55. The van der Waals surface area contributed by atoms with Gasteiger partial charge in [0.1, 0.15) is 0 Å². The summed E-state index contributed by atoms with van der Waals surface area (Å²) < 4.78 is 0. The highest BCUT2D eigenvalue weighted by Crippen LogP contribution is 2.19. The lowest BCUT2D eigenvalue weighted by Gasteiger charge is -2.33. The number of likely N-dealkylation sites (tertiary alicyclic amines) is 1. The van der Waals surface area contributed by atoms with Gasteiger partial charge in [0.25, 0.3) is 0 Å². The fourth-order valence-corrected chi connectivity index (χ4v) is 2.20. The number of hydrogen-bond acceptors (Lipinski definition) is 4. The lowest BCUT2D eigenvalue weighted by molar-refractivity contribution is 0.0784. The van der Waals surface area contributed by atoms with Crippen LogP contribution in [-0.4, -0.2) is 59.5 Å². The molecule has 1 aliphatic heterocycles. The predicted octanol–water partition coefficient (Wildman–Crippen LogP) is -0.198. The van der Waals surface area contributed by atoms with Gasteiger partial charge in [-0.3, -0.25) is 0 Å². The monoisotopic (exact) mass is 216 g/mol. The van der Waals surface area contributed by atoms with Gasteiger partial charge in [-0.1, -0.05) is 6.92 Å². The molecule has 3 N–H and O–H groups in total. The van der Waals surface area contributed by atoms with E-state index in [0.29, 0.717) is 12.1 Å². The van der Waals surface area contributed by atoms with Gasteiger partial charge in [-0.2, -0.15) is 0 Å². The Balaban J connectivity index is 2.53. The molecular weight excluding hydrogens is 192 g/mol. The smallest absolute Gasteiger partial charge is 0.0648 e. The molecule has 2 atom stereocenters. The molecule has 0 aromatic rings. The third kappa shape index (κ3) is 2.91. The molecule has 1 fully saturated rings. The number of rotatable bonds is 5. The Morgan fingerprint density at radius 2 is 2.00 bits per heavy atom. The lowest BCUT2D eigenvalue weighted by Crippen LogP contribution is -2.55. The molecule has 1 heterocycles. The fraction of sp³-hybridized carbons (Fsp3) is 1.00. The van der Waals surface area contributed by atoms with Crippen LogP contribution in [0.2, 0.25) is 0 Å². The van der Waals surface area contributed by atoms with Gasteiger partial charge in [0, 0.05) is 18.6 Å². The quantitative estimate of drug-likeness (QED) is 0.596. The minimum Gasteiger partial charge on any atom is -0.394 e. The van der Waals surface area contributed by atoms with Gasteiger partial charge in [0.15, 0.2) is 0 Å². The van der Waals surface area contributed by atoms with E-state index in [9.17, 15) is 10.2 Å². The zero-order valence-corrected chi connectivity index (χ0v) is 10.0. The van der Waals surface area contributed by atoms with E-state index in [1.165, 1.54) is 0 Å². The summed E-state index contributed by atoms with van der Waals surface area (Å²) in [5, 5.41) is 22.1. The van der Waals surface area contributed by atoms with Crippen LogP contribution >= 0.6 is 0 Å². The second-order valence-electron chi connectivity index (χ2n) is 4.82. The molecule has 0 saturated carbocycles. The second-order valence-corrected chi connectivity index (χ2v) is 4.82. The molecule has 0 aliphatic carbocycles. The second kappa shape index (κ2) is 5.25. The molecule has 90 valence electrons. The van der Waals surface area contributed by atoms with E-state index < -0.39 is 5.54 Å². The van der Waals surface area contributed by atoms with E-state index >= 15 is 0 Å². The fourth-order valence-electron chi connectivity index (χ4n) is 2.20. The Bertz CT molecular complexity index is 177. The van der Waals surface area contributed by atoms with Crippen molar-refractivity contribution in [3.63, 3.8) is 0 Å². The molecule has 1 saturated heterocycles. The van der Waals surface area contributed by atoms with Crippen molar-refractivity contribution < 1.29 is 10.2 Å². The molecule has 1 rings (SSSR count). The molecule has 15 heavy (non-hydrogen) atoms. The Hall–Kier alpha value is -0.160. The number of aliphatic hydroxyl groups is 2. The summed E-state index contributed by atoms with van der Waals surface area (Å²) in [5.41, 5.74) is -0.504.